The maximum atomic E-state index is 12.4. The summed E-state index contributed by atoms with van der Waals surface area (Å²) in [5.41, 5.74) is -0.963. The van der Waals surface area contributed by atoms with Gasteiger partial charge in [-0.15, -0.1) is 6.07 Å². The molecule has 0 saturated heterocycles. The van der Waals surface area contributed by atoms with Crippen molar-refractivity contribution in [2.45, 2.75) is 0 Å². The lowest BCUT2D eigenvalue weighted by molar-refractivity contribution is -0.673. The van der Waals surface area contributed by atoms with Gasteiger partial charge < -0.3 is 9.84 Å². The molecule has 10 heteroatoms. The molecule has 0 aliphatic heterocycles. The Hall–Kier alpha value is -3.95. The lowest BCUT2D eigenvalue weighted by atomic mass is 10.3. The Morgan fingerprint density at radius 1 is 1.31 bits per heavy atom. The molecule has 1 heterocycles. The van der Waals surface area contributed by atoms with Crippen LogP contribution in [0.1, 0.15) is 5.69 Å². The molecule has 26 heavy (non-hydrogen) atoms. The quantitative estimate of drug-likeness (QED) is 0.176. The number of H-pyrrole nitrogens is 1. The van der Waals surface area contributed by atoms with Crippen molar-refractivity contribution in [3.05, 3.63) is 74.8 Å². The molecular formula is C16H11N4O6-. The first-order chi connectivity index (χ1) is 12.5. The third kappa shape index (κ3) is 3.29. The van der Waals surface area contributed by atoms with Gasteiger partial charge in [-0.25, -0.2) is 4.79 Å². The Bertz CT molecular complexity index is 1020. The molecule has 132 valence electrons. The summed E-state index contributed by atoms with van der Waals surface area (Å²) in [4.78, 5) is 25.7. The maximum absolute atomic E-state index is 12.4. The third-order valence-corrected chi connectivity index (χ3v) is 3.39. The fraction of sp³-hybridized carbons (Fsp3) is 0.0625. The van der Waals surface area contributed by atoms with E-state index in [1.54, 1.807) is 24.3 Å². The lowest BCUT2D eigenvalue weighted by Crippen LogP contribution is -2.44. The van der Waals surface area contributed by atoms with E-state index in [9.17, 15) is 20.0 Å². The number of nitrogens with zero attached hydrogens (tertiary/aromatic N) is 3. The van der Waals surface area contributed by atoms with Crippen LogP contribution in [0.2, 0.25) is 0 Å². The lowest BCUT2D eigenvalue weighted by Gasteiger charge is -2.07. The number of nitro benzene ring substituents is 1. The summed E-state index contributed by atoms with van der Waals surface area (Å²) in [5, 5.41) is 25.3. The fourth-order valence-corrected chi connectivity index (χ4v) is 2.12. The van der Waals surface area contributed by atoms with Crippen LogP contribution in [0.15, 0.2) is 56.8 Å². The normalized spacial score (nSPS) is 11.3. The van der Waals surface area contributed by atoms with Crippen molar-refractivity contribution >= 4 is 17.3 Å². The first kappa shape index (κ1) is 16.9. The summed E-state index contributed by atoms with van der Waals surface area (Å²) in [6.45, 7) is 0. The van der Waals surface area contributed by atoms with Crippen molar-refractivity contribution in [2.75, 3.05) is 7.11 Å². The highest BCUT2D eigenvalue weighted by Gasteiger charge is 2.23. The van der Waals surface area contributed by atoms with Gasteiger partial charge in [0.2, 0.25) is 5.69 Å². The monoisotopic (exact) mass is 355 g/mol. The summed E-state index contributed by atoms with van der Waals surface area (Å²) in [6, 6.07) is 12.5. The van der Waals surface area contributed by atoms with Gasteiger partial charge in [0, 0.05) is 17.1 Å². The highest BCUT2D eigenvalue weighted by Crippen LogP contribution is 2.17. The van der Waals surface area contributed by atoms with Crippen molar-refractivity contribution < 1.29 is 24.0 Å². The Kier molecular flexibility index (Phi) is 4.48. The number of nitrogens with one attached hydrogen (secondary N) is 1. The number of hydrogen-bond acceptors (Lipinski definition) is 7. The second-order valence-electron chi connectivity index (χ2n) is 4.97. The van der Waals surface area contributed by atoms with E-state index < -0.39 is 16.4 Å². The predicted octanol–water partition coefficient (Wildman–Crippen LogP) is 0.400. The van der Waals surface area contributed by atoms with Gasteiger partial charge in [0.1, 0.15) is 5.75 Å². The molecular weight excluding hydrogens is 344 g/mol. The number of aliphatic imine (C=N–C) groups is 1. The van der Waals surface area contributed by atoms with Gasteiger partial charge in [0.25, 0.3) is 0 Å². The average Bonchev–Trinajstić information content (AvgIpc) is 3.04. The first-order valence-electron chi connectivity index (χ1n) is 7.20. The van der Waals surface area contributed by atoms with Gasteiger partial charge in [0.15, 0.2) is 5.69 Å². The van der Waals surface area contributed by atoms with Crippen LogP contribution < -0.4 is 20.2 Å². The van der Waals surface area contributed by atoms with Crippen LogP contribution in [0.4, 0.5) is 11.4 Å². The maximum Gasteiger partial charge on any atom is 0.436 e. The van der Waals surface area contributed by atoms with E-state index in [4.69, 9.17) is 4.74 Å². The van der Waals surface area contributed by atoms with Gasteiger partial charge >= 0.3 is 11.3 Å². The summed E-state index contributed by atoms with van der Waals surface area (Å²) >= 11 is 0. The van der Waals surface area contributed by atoms with Crippen molar-refractivity contribution in [1.82, 2.24) is 5.27 Å². The van der Waals surface area contributed by atoms with Crippen molar-refractivity contribution in [3.63, 3.8) is 0 Å². The van der Waals surface area contributed by atoms with E-state index in [0.29, 0.717) is 11.4 Å². The molecule has 10 nitrogen and oxygen atoms in total. The molecule has 0 spiro atoms. The van der Waals surface area contributed by atoms with Crippen molar-refractivity contribution in [2.24, 2.45) is 4.99 Å². The second kappa shape index (κ2) is 6.89. The van der Waals surface area contributed by atoms with Crippen molar-refractivity contribution in [3.8, 4) is 11.4 Å². The standard InChI is InChI=1S/C16H12N4O6/c1-25-13-8-6-11(7-9-13)19-14(16(22)26-18-19)15(21)17-10-2-4-12(5-3-10)20(23)24/h2,4-9,18H,1H3,(H,17,21)/p-1. The summed E-state index contributed by atoms with van der Waals surface area (Å²) in [6.07, 6.45) is 0. The molecule has 2 aromatic carbocycles. The molecule has 1 aromatic heterocycles. The van der Waals surface area contributed by atoms with Crippen LogP contribution in [-0.4, -0.2) is 23.2 Å². The number of aromatic nitrogens is 2. The zero-order valence-corrected chi connectivity index (χ0v) is 13.3. The molecule has 0 bridgehead atoms. The van der Waals surface area contributed by atoms with Crippen LogP contribution in [0.3, 0.4) is 0 Å². The minimum absolute atomic E-state index is 0.0440. The molecule has 0 atom stereocenters. The van der Waals surface area contributed by atoms with E-state index in [0.717, 1.165) is 10.7 Å². The number of aromatic amines is 1. The first-order valence-corrected chi connectivity index (χ1v) is 7.20. The molecule has 3 rings (SSSR count). The molecule has 1 N–H and O–H groups in total. The zero-order valence-electron chi connectivity index (χ0n) is 13.3. The van der Waals surface area contributed by atoms with E-state index in [2.05, 4.69) is 20.9 Å². The number of rotatable bonds is 5. The zero-order chi connectivity index (χ0) is 18.7. The summed E-state index contributed by atoms with van der Waals surface area (Å²) in [7, 11) is 1.51. The van der Waals surface area contributed by atoms with E-state index in [-0.39, 0.29) is 17.1 Å². The van der Waals surface area contributed by atoms with Crippen LogP contribution in [-0.2, 0) is 0 Å². The smallest absolute Gasteiger partial charge is 0.436 e. The number of nitro groups is 1. The van der Waals surface area contributed by atoms with Gasteiger partial charge in [-0.1, -0.05) is 12.1 Å². The Balaban J connectivity index is 1.99. The number of non-ortho nitro benzene ring substituents is 1. The summed E-state index contributed by atoms with van der Waals surface area (Å²) < 4.78 is 10.9. The SMILES string of the molecule is COc1ccc(-[n+]2[nH]oc(=O)c2C([O-])=Nc2[c-]cc([N+](=O)[O-])cc2)cc1. The predicted molar refractivity (Wildman–Crippen MR) is 85.5 cm³/mol. The molecule has 0 saturated carbocycles. The molecule has 0 radical (unpaired) electrons. The van der Waals surface area contributed by atoms with Gasteiger partial charge in [-0.2, -0.15) is 6.07 Å². The Morgan fingerprint density at radius 2 is 2.04 bits per heavy atom. The summed E-state index contributed by atoms with van der Waals surface area (Å²) in [5.74, 6) is -0.292. The van der Waals surface area contributed by atoms with Crippen molar-refractivity contribution in [1.29, 1.82) is 0 Å². The number of benzene rings is 2. The third-order valence-electron chi connectivity index (χ3n) is 3.39. The largest absolute Gasteiger partial charge is 0.854 e. The van der Waals surface area contributed by atoms with E-state index in [1.165, 1.54) is 19.2 Å². The van der Waals surface area contributed by atoms with Crippen LogP contribution in [0.25, 0.3) is 5.69 Å². The molecule has 3 aromatic rings. The average molecular weight is 355 g/mol. The van der Waals surface area contributed by atoms with Gasteiger partial charge in [0.05, 0.1) is 13.0 Å². The van der Waals surface area contributed by atoms with Gasteiger partial charge in [-0.3, -0.25) is 19.6 Å². The van der Waals surface area contributed by atoms with Crippen LogP contribution in [0, 0.1) is 16.2 Å². The molecule has 0 unspecified atom stereocenters. The minimum Gasteiger partial charge on any atom is -0.854 e. The number of ether oxygens (including phenoxy) is 1. The number of hydrogen-bond donors (Lipinski definition) is 1. The van der Waals surface area contributed by atoms with E-state index in [1.807, 2.05) is 0 Å². The van der Waals surface area contributed by atoms with Crippen LogP contribution >= 0.6 is 0 Å². The highest BCUT2D eigenvalue weighted by molar-refractivity contribution is 5.88. The highest BCUT2D eigenvalue weighted by atomic mass is 16.6. The molecule has 0 amide bonds. The minimum atomic E-state index is -0.906. The molecule has 0 aliphatic carbocycles. The van der Waals surface area contributed by atoms with Crippen LogP contribution in [0.5, 0.6) is 5.75 Å². The topological polar surface area (TPSA) is 138 Å². The van der Waals surface area contributed by atoms with Gasteiger partial charge in [-0.05, 0) is 27.8 Å². The Morgan fingerprint density at radius 3 is 2.62 bits per heavy atom. The number of methoxy groups -OCH3 is 1. The van der Waals surface area contributed by atoms with E-state index >= 15 is 0 Å². The fourth-order valence-electron chi connectivity index (χ4n) is 2.12. The second-order valence-corrected chi connectivity index (χ2v) is 4.97. The molecule has 0 fully saturated rings. The molecule has 0 aliphatic rings. The Labute approximate surface area is 145 Å².